The van der Waals surface area contributed by atoms with Crippen molar-refractivity contribution in [1.29, 1.82) is 0 Å². The largest absolute Gasteiger partial charge is 0.390 e. The minimum Gasteiger partial charge on any atom is -0.390 e. The van der Waals surface area contributed by atoms with Crippen molar-refractivity contribution in [2.75, 3.05) is 0 Å². The first kappa shape index (κ1) is 19.5. The number of benzene rings is 1. The Morgan fingerprint density at radius 1 is 1.16 bits per heavy atom. The number of carbonyl (C=O) groups excluding carboxylic acids is 1. The van der Waals surface area contributed by atoms with Crippen LogP contribution in [0.4, 0.5) is 0 Å². The fourth-order valence-electron chi connectivity index (χ4n) is 5.30. The van der Waals surface area contributed by atoms with Crippen LogP contribution in [-0.2, 0) is 7.05 Å². The number of nitrogens with one attached hydrogen (secondary N) is 1. The average molecular weight is 448 g/mol. The Balaban J connectivity index is 1.38. The van der Waals surface area contributed by atoms with Gasteiger partial charge in [-0.05, 0) is 43.9 Å². The molecule has 32 heavy (non-hydrogen) atoms. The summed E-state index contributed by atoms with van der Waals surface area (Å²) in [5.41, 5.74) is 4.86. The van der Waals surface area contributed by atoms with Crippen molar-refractivity contribution in [3.63, 3.8) is 0 Å². The number of imidazole rings is 1. The molecule has 0 aliphatic heterocycles. The average Bonchev–Trinajstić information content (AvgIpc) is 3.24. The van der Waals surface area contributed by atoms with Gasteiger partial charge in [0.25, 0.3) is 5.91 Å². The maximum atomic E-state index is 12.8. The summed E-state index contributed by atoms with van der Waals surface area (Å²) >= 11 is 6.74. The second-order valence-corrected chi connectivity index (χ2v) is 9.59. The van der Waals surface area contributed by atoms with E-state index < -0.39 is 5.60 Å². The van der Waals surface area contributed by atoms with E-state index in [0.29, 0.717) is 41.3 Å². The van der Waals surface area contributed by atoms with E-state index in [9.17, 15) is 9.90 Å². The number of hydrogen-bond acceptors (Lipinski definition) is 4. The highest BCUT2D eigenvalue weighted by Crippen LogP contribution is 2.60. The zero-order chi connectivity index (χ0) is 22.3. The highest BCUT2D eigenvalue weighted by Gasteiger charge is 2.68. The molecule has 8 heteroatoms. The van der Waals surface area contributed by atoms with Crippen LogP contribution in [0.5, 0.6) is 0 Å². The molecule has 0 saturated heterocycles. The van der Waals surface area contributed by atoms with Gasteiger partial charge in [-0.25, -0.2) is 4.98 Å². The van der Waals surface area contributed by atoms with E-state index in [1.807, 2.05) is 44.4 Å². The Labute approximate surface area is 189 Å². The van der Waals surface area contributed by atoms with Gasteiger partial charge in [-0.3, -0.25) is 13.9 Å². The van der Waals surface area contributed by atoms with E-state index in [4.69, 9.17) is 16.6 Å². The van der Waals surface area contributed by atoms with Gasteiger partial charge < -0.3 is 10.4 Å². The molecular weight excluding hydrogens is 426 g/mol. The summed E-state index contributed by atoms with van der Waals surface area (Å²) in [7, 11) is 1.90. The number of halogens is 1. The molecule has 2 N–H and O–H groups in total. The standard InChI is InChI=1S/C24H22ClN5O2/c1-14-18(10-29(2)28-14)16-5-3-4-6-17(16)20-21(25)30-8-7-15(9-19(30)26-20)22(31)27-23-11-24(32,12-23)13-23/h3-10,32H,11-13H2,1-2H3,(H,27,31). The Morgan fingerprint density at radius 3 is 2.53 bits per heavy atom. The number of carbonyl (C=O) groups is 1. The predicted octanol–water partition coefficient (Wildman–Crippen LogP) is 3.76. The summed E-state index contributed by atoms with van der Waals surface area (Å²) in [6.07, 6.45) is 5.67. The summed E-state index contributed by atoms with van der Waals surface area (Å²) < 4.78 is 3.58. The summed E-state index contributed by atoms with van der Waals surface area (Å²) in [6.45, 7) is 1.98. The summed E-state index contributed by atoms with van der Waals surface area (Å²) in [5.74, 6) is -0.152. The van der Waals surface area contributed by atoms with Crippen molar-refractivity contribution in [3.05, 3.63) is 65.2 Å². The number of hydrogen-bond donors (Lipinski definition) is 2. The predicted molar refractivity (Wildman–Crippen MR) is 122 cm³/mol. The molecule has 1 amide bonds. The van der Waals surface area contributed by atoms with Crippen molar-refractivity contribution in [2.24, 2.45) is 7.05 Å². The number of aromatic nitrogens is 4. The van der Waals surface area contributed by atoms with Crippen LogP contribution in [0.3, 0.4) is 0 Å². The second kappa shape index (κ2) is 6.43. The molecule has 162 valence electrons. The number of amides is 1. The Bertz CT molecular complexity index is 1400. The van der Waals surface area contributed by atoms with Gasteiger partial charge in [0.05, 0.1) is 11.3 Å². The summed E-state index contributed by atoms with van der Waals surface area (Å²) in [6, 6.07) is 11.5. The number of aliphatic hydroxyl groups is 1. The smallest absolute Gasteiger partial charge is 0.251 e. The van der Waals surface area contributed by atoms with Crippen molar-refractivity contribution in [1.82, 2.24) is 24.5 Å². The number of pyridine rings is 1. The van der Waals surface area contributed by atoms with E-state index in [1.165, 1.54) is 0 Å². The lowest BCUT2D eigenvalue weighted by Crippen LogP contribution is -2.78. The van der Waals surface area contributed by atoms with E-state index >= 15 is 0 Å². The molecule has 0 atom stereocenters. The molecule has 3 heterocycles. The van der Waals surface area contributed by atoms with Crippen LogP contribution in [0, 0.1) is 6.92 Å². The Kier molecular flexibility index (Phi) is 3.92. The maximum absolute atomic E-state index is 12.8. The van der Waals surface area contributed by atoms with Gasteiger partial charge >= 0.3 is 0 Å². The molecule has 3 saturated carbocycles. The quantitative estimate of drug-likeness (QED) is 0.499. The molecule has 3 aromatic heterocycles. The number of aryl methyl sites for hydroxylation is 2. The molecule has 0 unspecified atom stereocenters. The van der Waals surface area contributed by atoms with Crippen molar-refractivity contribution < 1.29 is 9.90 Å². The third kappa shape index (κ3) is 2.81. The topological polar surface area (TPSA) is 84.5 Å². The summed E-state index contributed by atoms with van der Waals surface area (Å²) in [5, 5.41) is 18.0. The van der Waals surface area contributed by atoms with Crippen LogP contribution in [-0.4, -0.2) is 41.3 Å². The van der Waals surface area contributed by atoms with Gasteiger partial charge in [0.2, 0.25) is 0 Å². The monoisotopic (exact) mass is 447 g/mol. The first-order valence-electron chi connectivity index (χ1n) is 10.6. The van der Waals surface area contributed by atoms with Crippen LogP contribution in [0.1, 0.15) is 35.3 Å². The molecule has 2 bridgehead atoms. The molecule has 3 aliphatic carbocycles. The Hall–Kier alpha value is -3.16. The van der Waals surface area contributed by atoms with Gasteiger partial charge in [0.15, 0.2) is 0 Å². The Morgan fingerprint density at radius 2 is 1.88 bits per heavy atom. The zero-order valence-corrected chi connectivity index (χ0v) is 18.5. The molecule has 1 aromatic carbocycles. The van der Waals surface area contributed by atoms with E-state index in [-0.39, 0.29) is 11.4 Å². The molecule has 3 fully saturated rings. The number of rotatable bonds is 4. The molecule has 7 rings (SSSR count). The van der Waals surface area contributed by atoms with Crippen LogP contribution in [0.2, 0.25) is 5.15 Å². The molecule has 4 aromatic rings. The fourth-order valence-corrected chi connectivity index (χ4v) is 5.58. The first-order valence-corrected chi connectivity index (χ1v) is 11.0. The van der Waals surface area contributed by atoms with E-state index in [1.54, 1.807) is 27.4 Å². The van der Waals surface area contributed by atoms with Crippen LogP contribution >= 0.6 is 11.6 Å². The van der Waals surface area contributed by atoms with Crippen LogP contribution < -0.4 is 5.32 Å². The fraction of sp³-hybridized carbons (Fsp3) is 0.292. The van der Waals surface area contributed by atoms with Crippen LogP contribution in [0.15, 0.2) is 48.8 Å². The lowest BCUT2D eigenvalue weighted by Gasteiger charge is -2.67. The highest BCUT2D eigenvalue weighted by atomic mass is 35.5. The molecule has 0 spiro atoms. The lowest BCUT2D eigenvalue weighted by atomic mass is 9.46. The van der Waals surface area contributed by atoms with Crippen molar-refractivity contribution in [2.45, 2.75) is 37.3 Å². The van der Waals surface area contributed by atoms with Gasteiger partial charge in [-0.15, -0.1) is 0 Å². The van der Waals surface area contributed by atoms with E-state index in [0.717, 1.165) is 22.4 Å². The second-order valence-electron chi connectivity index (χ2n) is 9.23. The van der Waals surface area contributed by atoms with Crippen molar-refractivity contribution >= 4 is 23.2 Å². The van der Waals surface area contributed by atoms with Crippen molar-refractivity contribution in [3.8, 4) is 22.4 Å². The van der Waals surface area contributed by atoms with Gasteiger partial charge in [0, 0.05) is 41.7 Å². The molecule has 0 radical (unpaired) electrons. The van der Waals surface area contributed by atoms with Gasteiger partial charge in [-0.1, -0.05) is 35.9 Å². The molecular formula is C24H22ClN5O2. The number of nitrogens with zero attached hydrogens (tertiary/aromatic N) is 4. The minimum atomic E-state index is -0.553. The zero-order valence-electron chi connectivity index (χ0n) is 17.8. The lowest BCUT2D eigenvalue weighted by molar-refractivity contribution is -0.215. The SMILES string of the molecule is Cc1nn(C)cc1-c1ccccc1-c1nc2cc(C(=O)NC34CC(O)(C3)C4)ccn2c1Cl. The van der Waals surface area contributed by atoms with E-state index in [2.05, 4.69) is 10.4 Å². The number of fused-ring (bicyclic) bond motifs is 1. The maximum Gasteiger partial charge on any atom is 0.251 e. The van der Waals surface area contributed by atoms with Crippen LogP contribution in [0.25, 0.3) is 28.0 Å². The third-order valence-electron chi connectivity index (χ3n) is 6.70. The minimum absolute atomic E-state index is 0.152. The first-order chi connectivity index (χ1) is 15.3. The molecule has 7 nitrogen and oxygen atoms in total. The normalized spacial score (nSPS) is 23.6. The highest BCUT2D eigenvalue weighted by molar-refractivity contribution is 6.32. The van der Waals surface area contributed by atoms with Gasteiger partial charge in [0.1, 0.15) is 16.5 Å². The van der Waals surface area contributed by atoms with Gasteiger partial charge in [-0.2, -0.15) is 5.10 Å². The summed E-state index contributed by atoms with van der Waals surface area (Å²) in [4.78, 5) is 17.6. The third-order valence-corrected chi connectivity index (χ3v) is 7.06. The molecule has 3 aliphatic rings.